The Kier molecular flexibility index (Phi) is 3.25. The monoisotopic (exact) mass is 295 g/mol. The minimum atomic E-state index is -0.564. The Balaban J connectivity index is 2.31. The molecule has 0 atom stereocenters. The zero-order chi connectivity index (χ0) is 15.9. The van der Waals surface area contributed by atoms with Gasteiger partial charge in [-0.3, -0.25) is 9.59 Å². The SMILES string of the molecule is CNc1c(C(=O)OC)ccc2c1C(=O)c1ccccc1C2=O. The number of rotatable bonds is 2. The largest absolute Gasteiger partial charge is 0.465 e. The van der Waals surface area contributed by atoms with Crippen LogP contribution in [-0.4, -0.2) is 31.7 Å². The van der Waals surface area contributed by atoms with Crippen LogP contribution in [-0.2, 0) is 4.74 Å². The number of esters is 1. The summed E-state index contributed by atoms with van der Waals surface area (Å²) in [4.78, 5) is 37.2. The maximum absolute atomic E-state index is 12.8. The van der Waals surface area contributed by atoms with Crippen LogP contribution in [0.25, 0.3) is 0 Å². The van der Waals surface area contributed by atoms with E-state index in [1.165, 1.54) is 19.2 Å². The van der Waals surface area contributed by atoms with Crippen LogP contribution in [0.3, 0.4) is 0 Å². The van der Waals surface area contributed by atoms with Crippen molar-refractivity contribution in [2.45, 2.75) is 0 Å². The molecular weight excluding hydrogens is 282 g/mol. The number of methoxy groups -OCH3 is 1. The summed E-state index contributed by atoms with van der Waals surface area (Å²) in [5, 5.41) is 2.85. The third-order valence-electron chi connectivity index (χ3n) is 3.75. The van der Waals surface area contributed by atoms with E-state index in [0.717, 1.165) is 0 Å². The Labute approximate surface area is 126 Å². The van der Waals surface area contributed by atoms with Gasteiger partial charge >= 0.3 is 5.97 Å². The second-order valence-electron chi connectivity index (χ2n) is 4.86. The predicted molar refractivity (Wildman–Crippen MR) is 80.6 cm³/mol. The van der Waals surface area contributed by atoms with E-state index in [9.17, 15) is 14.4 Å². The summed E-state index contributed by atoms with van der Waals surface area (Å²) >= 11 is 0. The van der Waals surface area contributed by atoms with Crippen molar-refractivity contribution in [1.29, 1.82) is 0 Å². The topological polar surface area (TPSA) is 72.5 Å². The fourth-order valence-electron chi connectivity index (χ4n) is 2.73. The zero-order valence-electron chi connectivity index (χ0n) is 12.1. The molecule has 0 aliphatic heterocycles. The second kappa shape index (κ2) is 5.11. The molecule has 0 fully saturated rings. The van der Waals surface area contributed by atoms with E-state index in [2.05, 4.69) is 5.32 Å². The van der Waals surface area contributed by atoms with E-state index in [1.54, 1.807) is 31.3 Å². The van der Waals surface area contributed by atoms with Gasteiger partial charge in [0.25, 0.3) is 0 Å². The van der Waals surface area contributed by atoms with Crippen molar-refractivity contribution in [3.63, 3.8) is 0 Å². The van der Waals surface area contributed by atoms with Gasteiger partial charge < -0.3 is 10.1 Å². The van der Waals surface area contributed by atoms with Gasteiger partial charge in [0.2, 0.25) is 0 Å². The fraction of sp³-hybridized carbons (Fsp3) is 0.118. The van der Waals surface area contributed by atoms with E-state index in [1.807, 2.05) is 0 Å². The van der Waals surface area contributed by atoms with Crippen molar-refractivity contribution in [3.8, 4) is 0 Å². The zero-order valence-corrected chi connectivity index (χ0v) is 12.1. The Bertz CT molecular complexity index is 823. The summed E-state index contributed by atoms with van der Waals surface area (Å²) in [6.07, 6.45) is 0. The molecule has 0 unspecified atom stereocenters. The van der Waals surface area contributed by atoms with Crippen LogP contribution in [0.5, 0.6) is 0 Å². The first-order valence-corrected chi connectivity index (χ1v) is 6.71. The molecule has 2 aromatic carbocycles. The van der Waals surface area contributed by atoms with Crippen molar-refractivity contribution < 1.29 is 19.1 Å². The molecule has 0 saturated heterocycles. The van der Waals surface area contributed by atoms with Crippen molar-refractivity contribution in [1.82, 2.24) is 0 Å². The molecule has 3 rings (SSSR count). The molecule has 0 radical (unpaired) electrons. The van der Waals surface area contributed by atoms with Crippen molar-refractivity contribution >= 4 is 23.2 Å². The molecule has 110 valence electrons. The van der Waals surface area contributed by atoms with Crippen molar-refractivity contribution in [3.05, 3.63) is 64.2 Å². The number of carbonyl (C=O) groups excluding carboxylic acids is 3. The number of fused-ring (bicyclic) bond motifs is 2. The van der Waals surface area contributed by atoms with E-state index >= 15 is 0 Å². The summed E-state index contributed by atoms with van der Waals surface area (Å²) in [7, 11) is 2.86. The summed E-state index contributed by atoms with van der Waals surface area (Å²) in [5.74, 6) is -1.07. The van der Waals surface area contributed by atoms with E-state index in [4.69, 9.17) is 4.74 Å². The molecule has 0 amide bonds. The lowest BCUT2D eigenvalue weighted by atomic mass is 9.82. The summed E-state index contributed by atoms with van der Waals surface area (Å²) in [6, 6.07) is 9.66. The van der Waals surface area contributed by atoms with E-state index in [0.29, 0.717) is 22.4 Å². The van der Waals surface area contributed by atoms with Gasteiger partial charge in [-0.05, 0) is 12.1 Å². The van der Waals surface area contributed by atoms with Gasteiger partial charge in [0, 0.05) is 23.7 Å². The third-order valence-corrected chi connectivity index (χ3v) is 3.75. The maximum atomic E-state index is 12.8. The number of carbonyl (C=O) groups is 3. The Morgan fingerprint density at radius 2 is 1.59 bits per heavy atom. The highest BCUT2D eigenvalue weighted by molar-refractivity contribution is 6.31. The molecule has 1 aliphatic rings. The number of hydrogen-bond donors (Lipinski definition) is 1. The van der Waals surface area contributed by atoms with Gasteiger partial charge in [0.05, 0.1) is 23.9 Å². The average molecular weight is 295 g/mol. The van der Waals surface area contributed by atoms with Crippen molar-refractivity contribution in [2.24, 2.45) is 0 Å². The molecule has 0 saturated carbocycles. The number of hydrogen-bond acceptors (Lipinski definition) is 5. The Morgan fingerprint density at radius 1 is 0.955 bits per heavy atom. The van der Waals surface area contributed by atoms with Crippen LogP contribution in [0, 0.1) is 0 Å². The Morgan fingerprint density at radius 3 is 2.18 bits per heavy atom. The van der Waals surface area contributed by atoms with Crippen LogP contribution >= 0.6 is 0 Å². The normalized spacial score (nSPS) is 12.5. The van der Waals surface area contributed by atoms with Gasteiger partial charge in [-0.2, -0.15) is 0 Å². The average Bonchev–Trinajstić information content (AvgIpc) is 2.57. The molecule has 22 heavy (non-hydrogen) atoms. The van der Waals surface area contributed by atoms with Crippen molar-refractivity contribution in [2.75, 3.05) is 19.5 Å². The highest BCUT2D eigenvalue weighted by Gasteiger charge is 2.33. The van der Waals surface area contributed by atoms with Crippen LogP contribution in [0.2, 0.25) is 0 Å². The van der Waals surface area contributed by atoms with E-state index < -0.39 is 5.97 Å². The Hall–Kier alpha value is -2.95. The van der Waals surface area contributed by atoms with Gasteiger partial charge in [-0.15, -0.1) is 0 Å². The lowest BCUT2D eigenvalue weighted by Crippen LogP contribution is -2.23. The quantitative estimate of drug-likeness (QED) is 0.734. The van der Waals surface area contributed by atoms with Gasteiger partial charge in [-0.1, -0.05) is 24.3 Å². The second-order valence-corrected chi connectivity index (χ2v) is 4.86. The first-order chi connectivity index (χ1) is 10.6. The summed E-state index contributed by atoms with van der Waals surface area (Å²) in [6.45, 7) is 0. The first kappa shape index (κ1) is 14.0. The summed E-state index contributed by atoms with van der Waals surface area (Å²) in [5.41, 5.74) is 1.78. The van der Waals surface area contributed by atoms with E-state index in [-0.39, 0.29) is 22.7 Å². The number of anilines is 1. The molecule has 5 heteroatoms. The molecule has 0 heterocycles. The molecule has 0 aromatic heterocycles. The molecule has 0 bridgehead atoms. The molecule has 0 spiro atoms. The highest BCUT2D eigenvalue weighted by atomic mass is 16.5. The lowest BCUT2D eigenvalue weighted by Gasteiger charge is -2.21. The summed E-state index contributed by atoms with van der Waals surface area (Å²) < 4.78 is 4.73. The highest BCUT2D eigenvalue weighted by Crippen LogP contribution is 2.34. The smallest absolute Gasteiger partial charge is 0.339 e. The first-order valence-electron chi connectivity index (χ1n) is 6.71. The molecular formula is C17H13NO4. The van der Waals surface area contributed by atoms with Gasteiger partial charge in [0.1, 0.15) is 0 Å². The minimum Gasteiger partial charge on any atom is -0.465 e. The number of ether oxygens (including phenoxy) is 1. The van der Waals surface area contributed by atoms with Crippen LogP contribution in [0.15, 0.2) is 36.4 Å². The molecule has 5 nitrogen and oxygen atoms in total. The molecule has 2 aromatic rings. The molecule has 1 aliphatic carbocycles. The fourth-order valence-corrected chi connectivity index (χ4v) is 2.73. The number of nitrogens with one attached hydrogen (secondary N) is 1. The lowest BCUT2D eigenvalue weighted by molar-refractivity contribution is 0.0601. The maximum Gasteiger partial charge on any atom is 0.339 e. The van der Waals surface area contributed by atoms with Crippen LogP contribution < -0.4 is 5.32 Å². The predicted octanol–water partition coefficient (Wildman–Crippen LogP) is 2.29. The minimum absolute atomic E-state index is 0.217. The van der Waals surface area contributed by atoms with Gasteiger partial charge in [0.15, 0.2) is 11.6 Å². The third kappa shape index (κ3) is 1.83. The van der Waals surface area contributed by atoms with Crippen LogP contribution in [0.4, 0.5) is 5.69 Å². The standard InChI is InChI=1S/C17H13NO4/c1-18-14-12(17(21)22-2)8-7-11-13(14)16(20)10-6-4-3-5-9(10)15(11)19/h3-8,18H,1-2H3. The molecule has 1 N–H and O–H groups in total. The van der Waals surface area contributed by atoms with Gasteiger partial charge in [-0.25, -0.2) is 4.79 Å². The van der Waals surface area contributed by atoms with Crippen LogP contribution in [0.1, 0.15) is 42.2 Å². The number of benzene rings is 2. The number of ketones is 2.